The number of hydrogen-bond donors (Lipinski definition) is 5. The van der Waals surface area contributed by atoms with Gasteiger partial charge in [0.25, 0.3) is 11.8 Å². The van der Waals surface area contributed by atoms with Gasteiger partial charge in [0.15, 0.2) is 18.0 Å². The highest BCUT2D eigenvalue weighted by Gasteiger charge is 2.35. The smallest absolute Gasteiger partial charge is 0.303 e. The third kappa shape index (κ3) is 9.79. The molecule has 0 aromatic rings. The number of likely N-dealkylation sites (N-methyl/N-ethyl adjacent to an activating group) is 1. The number of nitrogens with one attached hydrogen (secondary N) is 3. The summed E-state index contributed by atoms with van der Waals surface area (Å²) in [5, 5.41) is 16.4. The van der Waals surface area contributed by atoms with Crippen molar-refractivity contribution < 1.29 is 33.9 Å². The Balaban J connectivity index is 3.24. The summed E-state index contributed by atoms with van der Waals surface area (Å²) in [5.74, 6) is -4.07. The number of carbonyl (C=O) groups excluding carboxylic acids is 5. The van der Waals surface area contributed by atoms with E-state index in [1.54, 1.807) is 12.2 Å². The van der Waals surface area contributed by atoms with Gasteiger partial charge in [-0.3, -0.25) is 29.3 Å². The van der Waals surface area contributed by atoms with E-state index >= 15 is 0 Å². The number of ketones is 1. The molecule has 0 saturated carbocycles. The molecule has 0 radical (unpaired) electrons. The Labute approximate surface area is 198 Å². The van der Waals surface area contributed by atoms with Crippen molar-refractivity contribution in [2.24, 2.45) is 11.7 Å². The standard InChI is InChI=1S/C22H35N5O7/c1-13(2)11-14(12-28)24-20-22(34)27(3)10-6-4-5-7-16(29)25-18(21(33)26-20)19(32)15(23)8-9-17(30)31/h4,6,12-15,18,20,24H,5,7-11,23H2,1-3H3,(H,25,29)(H,26,33)(H,30,31)/t14-,15-,18?,20?/m0/s1. The van der Waals surface area contributed by atoms with Gasteiger partial charge >= 0.3 is 5.97 Å². The molecule has 190 valence electrons. The van der Waals surface area contributed by atoms with Crippen molar-refractivity contribution in [3.05, 3.63) is 12.2 Å². The molecule has 34 heavy (non-hydrogen) atoms. The van der Waals surface area contributed by atoms with Crippen molar-refractivity contribution in [2.75, 3.05) is 13.6 Å². The minimum atomic E-state index is -1.73. The molecule has 4 atom stereocenters. The van der Waals surface area contributed by atoms with Gasteiger partial charge in [-0.25, -0.2) is 0 Å². The Morgan fingerprint density at radius 2 is 1.94 bits per heavy atom. The van der Waals surface area contributed by atoms with Gasteiger partial charge in [0, 0.05) is 26.4 Å². The predicted octanol–water partition coefficient (Wildman–Crippen LogP) is -1.31. The number of allylic oxidation sites excluding steroid dienone is 1. The molecule has 1 rings (SSSR count). The van der Waals surface area contributed by atoms with Gasteiger partial charge in [-0.1, -0.05) is 26.0 Å². The molecule has 0 spiro atoms. The van der Waals surface area contributed by atoms with Crippen molar-refractivity contribution in [1.82, 2.24) is 20.9 Å². The summed E-state index contributed by atoms with van der Waals surface area (Å²) < 4.78 is 0. The highest BCUT2D eigenvalue weighted by Crippen LogP contribution is 2.07. The first-order valence-corrected chi connectivity index (χ1v) is 11.2. The number of nitrogens with two attached hydrogens (primary N) is 1. The zero-order chi connectivity index (χ0) is 25.8. The lowest BCUT2D eigenvalue weighted by molar-refractivity contribution is -0.141. The Bertz CT molecular complexity index is 799. The summed E-state index contributed by atoms with van der Waals surface area (Å²) in [6.45, 7) is 3.98. The third-order valence-electron chi connectivity index (χ3n) is 5.15. The van der Waals surface area contributed by atoms with Crippen LogP contribution in [0.4, 0.5) is 0 Å². The second-order valence-electron chi connectivity index (χ2n) is 8.65. The maximum atomic E-state index is 13.1. The van der Waals surface area contributed by atoms with Gasteiger partial charge in [0.1, 0.15) is 6.29 Å². The molecular weight excluding hydrogens is 446 g/mol. The molecule has 0 aromatic heterocycles. The third-order valence-corrected chi connectivity index (χ3v) is 5.15. The number of rotatable bonds is 10. The van der Waals surface area contributed by atoms with Crippen molar-refractivity contribution in [2.45, 2.75) is 70.2 Å². The van der Waals surface area contributed by atoms with Crippen molar-refractivity contribution >= 4 is 35.8 Å². The number of amides is 3. The van der Waals surface area contributed by atoms with Crippen LogP contribution in [0.15, 0.2) is 12.2 Å². The van der Waals surface area contributed by atoms with Gasteiger partial charge in [-0.2, -0.15) is 0 Å². The molecule has 0 aromatic carbocycles. The van der Waals surface area contributed by atoms with E-state index in [2.05, 4.69) is 16.0 Å². The molecule has 0 fully saturated rings. The van der Waals surface area contributed by atoms with Crippen LogP contribution in [0.1, 0.15) is 46.0 Å². The summed E-state index contributed by atoms with van der Waals surface area (Å²) in [6.07, 6.45) is 2.72. The van der Waals surface area contributed by atoms with Crippen LogP contribution in [0, 0.1) is 5.92 Å². The number of carboxylic acids is 1. The largest absolute Gasteiger partial charge is 0.481 e. The molecule has 1 aliphatic heterocycles. The average molecular weight is 482 g/mol. The van der Waals surface area contributed by atoms with Crippen LogP contribution >= 0.6 is 0 Å². The van der Waals surface area contributed by atoms with Gasteiger partial charge in [-0.15, -0.1) is 0 Å². The molecule has 12 nitrogen and oxygen atoms in total. The van der Waals surface area contributed by atoms with Gasteiger partial charge in [0.2, 0.25) is 5.91 Å². The van der Waals surface area contributed by atoms with E-state index in [1.165, 1.54) is 11.9 Å². The summed E-state index contributed by atoms with van der Waals surface area (Å²) in [5.41, 5.74) is 5.79. The number of hydrogen-bond acceptors (Lipinski definition) is 8. The molecule has 3 amide bonds. The predicted molar refractivity (Wildman–Crippen MR) is 122 cm³/mol. The fraction of sp³-hybridized carbons (Fsp3) is 0.636. The summed E-state index contributed by atoms with van der Waals surface area (Å²) in [4.78, 5) is 75.0. The second kappa shape index (κ2) is 14.2. The number of carbonyl (C=O) groups is 6. The molecule has 12 heteroatoms. The Kier molecular flexibility index (Phi) is 12.1. The van der Waals surface area contributed by atoms with Crippen molar-refractivity contribution in [1.29, 1.82) is 0 Å². The first kappa shape index (κ1) is 28.9. The lowest BCUT2D eigenvalue weighted by Gasteiger charge is -2.29. The fourth-order valence-electron chi connectivity index (χ4n) is 3.29. The van der Waals surface area contributed by atoms with Crippen LogP contribution in [0.25, 0.3) is 0 Å². The minimum Gasteiger partial charge on any atom is -0.481 e. The number of nitrogens with zero attached hydrogens (tertiary/aromatic N) is 1. The Morgan fingerprint density at radius 3 is 2.53 bits per heavy atom. The molecule has 2 unspecified atom stereocenters. The van der Waals surface area contributed by atoms with E-state index in [9.17, 15) is 28.8 Å². The fourth-order valence-corrected chi connectivity index (χ4v) is 3.29. The molecular formula is C22H35N5O7. The molecule has 6 N–H and O–H groups in total. The number of Topliss-reactive ketones (excluding diaryl/α,β-unsaturated/α-hetero) is 1. The lowest BCUT2D eigenvalue weighted by Crippen LogP contribution is -2.63. The highest BCUT2D eigenvalue weighted by molar-refractivity contribution is 6.10. The zero-order valence-corrected chi connectivity index (χ0v) is 19.8. The normalized spacial score (nSPS) is 22.0. The second-order valence-corrected chi connectivity index (χ2v) is 8.65. The first-order chi connectivity index (χ1) is 16.0. The van der Waals surface area contributed by atoms with E-state index in [1.807, 2.05) is 13.8 Å². The van der Waals surface area contributed by atoms with Crippen LogP contribution in [-0.2, 0) is 28.8 Å². The maximum Gasteiger partial charge on any atom is 0.303 e. The van der Waals surface area contributed by atoms with E-state index in [0.717, 1.165) is 0 Å². The van der Waals surface area contributed by atoms with E-state index in [0.29, 0.717) is 19.1 Å². The highest BCUT2D eigenvalue weighted by atomic mass is 16.4. The SMILES string of the molecule is CC(C)C[C@@H](C=O)NC1NC(=O)C(C(=O)[C@@H](N)CCC(=O)O)NC(=O)CCC=CCN(C)C1=O. The van der Waals surface area contributed by atoms with Crippen molar-refractivity contribution in [3.63, 3.8) is 0 Å². The van der Waals surface area contributed by atoms with Crippen LogP contribution in [0.5, 0.6) is 0 Å². The first-order valence-electron chi connectivity index (χ1n) is 11.2. The quantitative estimate of drug-likeness (QED) is 0.143. The Morgan fingerprint density at radius 1 is 1.26 bits per heavy atom. The minimum absolute atomic E-state index is 0.0150. The molecule has 1 aliphatic rings. The summed E-state index contributed by atoms with van der Waals surface area (Å²) in [6, 6.07) is -3.81. The maximum absolute atomic E-state index is 13.1. The van der Waals surface area contributed by atoms with Gasteiger partial charge in [0.05, 0.1) is 12.1 Å². The van der Waals surface area contributed by atoms with Crippen molar-refractivity contribution in [3.8, 4) is 0 Å². The van der Waals surface area contributed by atoms with E-state index < -0.39 is 60.2 Å². The van der Waals surface area contributed by atoms with Gasteiger partial charge in [-0.05, 0) is 25.2 Å². The number of aliphatic carboxylic acids is 1. The van der Waals surface area contributed by atoms with E-state index in [-0.39, 0.29) is 25.3 Å². The van der Waals surface area contributed by atoms with E-state index in [4.69, 9.17) is 10.8 Å². The average Bonchev–Trinajstić information content (AvgIpc) is 2.78. The number of carboxylic acid groups (broad SMARTS) is 1. The zero-order valence-electron chi connectivity index (χ0n) is 19.8. The lowest BCUT2D eigenvalue weighted by atomic mass is 10.00. The molecule has 0 aliphatic carbocycles. The number of aldehydes is 1. The summed E-state index contributed by atoms with van der Waals surface area (Å²) in [7, 11) is 1.51. The molecule has 1 heterocycles. The van der Waals surface area contributed by atoms with Crippen LogP contribution in [0.2, 0.25) is 0 Å². The van der Waals surface area contributed by atoms with Crippen LogP contribution in [0.3, 0.4) is 0 Å². The topological polar surface area (TPSA) is 188 Å². The van der Waals surface area contributed by atoms with Gasteiger partial charge < -0.3 is 31.2 Å². The van der Waals surface area contributed by atoms with Crippen LogP contribution < -0.4 is 21.7 Å². The monoisotopic (exact) mass is 481 g/mol. The Hall–Kier alpha value is -3.12. The summed E-state index contributed by atoms with van der Waals surface area (Å²) >= 11 is 0. The molecule has 0 bridgehead atoms. The van der Waals surface area contributed by atoms with Crippen LogP contribution in [-0.4, -0.2) is 83.7 Å². The molecule has 0 saturated heterocycles.